The average Bonchev–Trinajstić information content (AvgIpc) is 2.95. The number of benzene rings is 1. The molecule has 1 atom stereocenters. The Kier molecular flexibility index (Phi) is 3.17. The lowest BCUT2D eigenvalue weighted by atomic mass is 10.1. The van der Waals surface area contributed by atoms with Gasteiger partial charge in [-0.2, -0.15) is 5.10 Å². The van der Waals surface area contributed by atoms with Crippen molar-refractivity contribution in [3.63, 3.8) is 0 Å². The zero-order valence-electron chi connectivity index (χ0n) is 11.4. The Bertz CT molecular complexity index is 655. The predicted octanol–water partition coefficient (Wildman–Crippen LogP) is 1.97. The van der Waals surface area contributed by atoms with Gasteiger partial charge in [-0.3, -0.25) is 9.48 Å². The fraction of sp³-hybridized carbons (Fsp3) is 0.286. The molecular formula is C14H16N4OS. The first kappa shape index (κ1) is 13.1. The molecule has 5 nitrogen and oxygen atoms in total. The molecule has 0 radical (unpaired) electrons. The largest absolute Gasteiger partial charge is 0.394 e. The molecule has 0 saturated carbocycles. The van der Waals surface area contributed by atoms with Gasteiger partial charge in [-0.15, -0.1) is 11.8 Å². The molecule has 1 aliphatic heterocycles. The Morgan fingerprint density at radius 1 is 1.50 bits per heavy atom. The van der Waals surface area contributed by atoms with Gasteiger partial charge in [0.1, 0.15) is 0 Å². The molecule has 104 valence electrons. The number of rotatable bonds is 2. The second kappa shape index (κ2) is 4.86. The van der Waals surface area contributed by atoms with Crippen LogP contribution in [0.4, 0.5) is 11.5 Å². The fourth-order valence-corrected chi connectivity index (χ4v) is 3.54. The van der Waals surface area contributed by atoms with Gasteiger partial charge in [0.2, 0.25) is 5.91 Å². The first-order valence-electron chi connectivity index (χ1n) is 6.40. The molecule has 3 rings (SSSR count). The molecule has 1 aromatic heterocycles. The number of nitrogen functional groups attached to an aromatic ring is 1. The number of fused-ring (bicyclic) bond motifs is 1. The van der Waals surface area contributed by atoms with E-state index in [0.717, 1.165) is 12.1 Å². The van der Waals surface area contributed by atoms with Crippen molar-refractivity contribution < 1.29 is 4.79 Å². The monoisotopic (exact) mass is 288 g/mol. The van der Waals surface area contributed by atoms with Crippen LogP contribution in [-0.4, -0.2) is 20.9 Å². The van der Waals surface area contributed by atoms with Crippen LogP contribution >= 0.6 is 11.8 Å². The first-order valence-corrected chi connectivity index (χ1v) is 7.28. The third-order valence-corrected chi connectivity index (χ3v) is 4.77. The Hall–Kier alpha value is -1.95. The Morgan fingerprint density at radius 2 is 2.25 bits per heavy atom. The number of hydrogen-bond acceptors (Lipinski definition) is 4. The number of aromatic nitrogens is 2. The van der Waals surface area contributed by atoms with Gasteiger partial charge >= 0.3 is 0 Å². The van der Waals surface area contributed by atoms with Crippen LogP contribution in [0.15, 0.2) is 29.2 Å². The third kappa shape index (κ3) is 2.16. The van der Waals surface area contributed by atoms with Gasteiger partial charge in [-0.05, 0) is 25.0 Å². The molecule has 0 fully saturated rings. The molecule has 0 bridgehead atoms. The standard InChI is InChI=1S/C14H16N4OS/c1-8-12(15)13(18(2)17-8)16-14(19)11-7-9-5-3-4-6-10(9)20-11/h3-6,11H,7,15H2,1-2H3,(H,16,19). The number of aryl methyl sites for hydroxylation is 2. The highest BCUT2D eigenvalue weighted by Crippen LogP contribution is 2.37. The van der Waals surface area contributed by atoms with Crippen LogP contribution in [0, 0.1) is 6.92 Å². The van der Waals surface area contributed by atoms with E-state index < -0.39 is 0 Å². The number of hydrogen-bond donors (Lipinski definition) is 2. The van der Waals surface area contributed by atoms with Gasteiger partial charge in [0, 0.05) is 11.9 Å². The Labute approximate surface area is 121 Å². The van der Waals surface area contributed by atoms with Crippen molar-refractivity contribution in [2.45, 2.75) is 23.5 Å². The van der Waals surface area contributed by atoms with E-state index in [1.165, 1.54) is 10.5 Å². The fourth-order valence-electron chi connectivity index (χ4n) is 2.35. The number of nitrogens with zero attached hydrogens (tertiary/aromatic N) is 2. The normalized spacial score (nSPS) is 17.0. The van der Waals surface area contributed by atoms with Crippen molar-refractivity contribution in [2.24, 2.45) is 7.05 Å². The molecule has 1 unspecified atom stereocenters. The number of nitrogens with two attached hydrogens (primary N) is 1. The van der Waals surface area contributed by atoms with Crippen molar-refractivity contribution in [3.8, 4) is 0 Å². The molecule has 3 N–H and O–H groups in total. The molecular weight excluding hydrogens is 272 g/mol. The summed E-state index contributed by atoms with van der Waals surface area (Å²) in [6, 6.07) is 8.12. The molecule has 0 aliphatic carbocycles. The molecule has 2 heterocycles. The highest BCUT2D eigenvalue weighted by atomic mass is 32.2. The zero-order valence-corrected chi connectivity index (χ0v) is 12.2. The van der Waals surface area contributed by atoms with E-state index in [9.17, 15) is 4.79 Å². The Balaban J connectivity index is 1.76. The smallest absolute Gasteiger partial charge is 0.239 e. The highest BCUT2D eigenvalue weighted by Gasteiger charge is 2.29. The van der Waals surface area contributed by atoms with Crippen LogP contribution in [-0.2, 0) is 18.3 Å². The average molecular weight is 288 g/mol. The summed E-state index contributed by atoms with van der Waals surface area (Å²) in [5.41, 5.74) is 8.41. The van der Waals surface area contributed by atoms with Crippen LogP contribution in [0.25, 0.3) is 0 Å². The van der Waals surface area contributed by atoms with Crippen LogP contribution < -0.4 is 11.1 Å². The summed E-state index contributed by atoms with van der Waals surface area (Å²) >= 11 is 1.60. The zero-order chi connectivity index (χ0) is 14.3. The SMILES string of the molecule is Cc1nn(C)c(NC(=O)C2Cc3ccccc3S2)c1N. The molecule has 0 spiro atoms. The number of thioether (sulfide) groups is 1. The van der Waals surface area contributed by atoms with E-state index >= 15 is 0 Å². The molecule has 1 amide bonds. The quantitative estimate of drug-likeness (QED) is 0.886. The second-order valence-electron chi connectivity index (χ2n) is 4.88. The number of carbonyl (C=O) groups is 1. The molecule has 2 aromatic rings. The second-order valence-corrected chi connectivity index (χ2v) is 6.12. The van der Waals surface area contributed by atoms with E-state index in [4.69, 9.17) is 5.73 Å². The predicted molar refractivity (Wildman–Crippen MR) is 80.8 cm³/mol. The lowest BCUT2D eigenvalue weighted by Crippen LogP contribution is -2.26. The van der Waals surface area contributed by atoms with Gasteiger partial charge in [-0.25, -0.2) is 0 Å². The van der Waals surface area contributed by atoms with Gasteiger partial charge < -0.3 is 11.1 Å². The van der Waals surface area contributed by atoms with Gasteiger partial charge in [-0.1, -0.05) is 18.2 Å². The maximum atomic E-state index is 12.4. The summed E-state index contributed by atoms with van der Waals surface area (Å²) in [5, 5.41) is 6.98. The lowest BCUT2D eigenvalue weighted by Gasteiger charge is -2.10. The summed E-state index contributed by atoms with van der Waals surface area (Å²) < 4.78 is 1.61. The van der Waals surface area contributed by atoms with Crippen molar-refractivity contribution >= 4 is 29.2 Å². The molecule has 1 aliphatic rings. The van der Waals surface area contributed by atoms with Crippen molar-refractivity contribution in [3.05, 3.63) is 35.5 Å². The van der Waals surface area contributed by atoms with E-state index in [1.807, 2.05) is 19.1 Å². The van der Waals surface area contributed by atoms with Crippen LogP contribution in [0.2, 0.25) is 0 Å². The van der Waals surface area contributed by atoms with E-state index in [1.54, 1.807) is 23.5 Å². The minimum Gasteiger partial charge on any atom is -0.394 e. The number of nitrogens with one attached hydrogen (secondary N) is 1. The van der Waals surface area contributed by atoms with Gasteiger partial charge in [0.05, 0.1) is 16.6 Å². The molecule has 1 aromatic carbocycles. The minimum atomic E-state index is -0.109. The number of carbonyl (C=O) groups excluding carboxylic acids is 1. The van der Waals surface area contributed by atoms with E-state index in [-0.39, 0.29) is 11.2 Å². The highest BCUT2D eigenvalue weighted by molar-refractivity contribution is 8.01. The topological polar surface area (TPSA) is 72.9 Å². The number of anilines is 2. The third-order valence-electron chi connectivity index (χ3n) is 3.45. The summed E-state index contributed by atoms with van der Waals surface area (Å²) in [4.78, 5) is 13.6. The summed E-state index contributed by atoms with van der Waals surface area (Å²) in [6.07, 6.45) is 0.753. The van der Waals surface area contributed by atoms with Crippen LogP contribution in [0.5, 0.6) is 0 Å². The first-order chi connectivity index (χ1) is 9.56. The van der Waals surface area contributed by atoms with Crippen molar-refractivity contribution in [1.29, 1.82) is 0 Å². The van der Waals surface area contributed by atoms with Crippen LogP contribution in [0.3, 0.4) is 0 Å². The summed E-state index contributed by atoms with van der Waals surface area (Å²) in [6.45, 7) is 1.82. The van der Waals surface area contributed by atoms with Crippen LogP contribution in [0.1, 0.15) is 11.3 Å². The van der Waals surface area contributed by atoms with Gasteiger partial charge in [0.25, 0.3) is 0 Å². The Morgan fingerprint density at radius 3 is 2.90 bits per heavy atom. The molecule has 6 heteroatoms. The summed E-state index contributed by atoms with van der Waals surface area (Å²) in [7, 11) is 1.77. The minimum absolute atomic E-state index is 0.0269. The maximum Gasteiger partial charge on any atom is 0.239 e. The van der Waals surface area contributed by atoms with E-state index in [0.29, 0.717) is 11.5 Å². The van der Waals surface area contributed by atoms with E-state index in [2.05, 4.69) is 22.5 Å². The van der Waals surface area contributed by atoms with Crippen molar-refractivity contribution in [2.75, 3.05) is 11.1 Å². The lowest BCUT2D eigenvalue weighted by molar-refractivity contribution is -0.115. The van der Waals surface area contributed by atoms with Crippen molar-refractivity contribution in [1.82, 2.24) is 9.78 Å². The van der Waals surface area contributed by atoms with Gasteiger partial charge in [0.15, 0.2) is 5.82 Å². The molecule has 20 heavy (non-hydrogen) atoms. The maximum absolute atomic E-state index is 12.4. The summed E-state index contributed by atoms with van der Waals surface area (Å²) in [5.74, 6) is 0.546. The molecule has 0 saturated heterocycles. The number of amides is 1.